The Balaban J connectivity index is 1.77. The highest BCUT2D eigenvalue weighted by atomic mass is 35.5. The van der Waals surface area contributed by atoms with E-state index in [4.69, 9.17) is 11.6 Å². The summed E-state index contributed by atoms with van der Waals surface area (Å²) in [5.74, 6) is 1.17. The zero-order chi connectivity index (χ0) is 14.8. The lowest BCUT2D eigenvalue weighted by atomic mass is 10.1. The fourth-order valence-corrected chi connectivity index (χ4v) is 2.68. The van der Waals surface area contributed by atoms with Crippen LogP contribution in [0.2, 0.25) is 5.15 Å². The fraction of sp³-hybridized carbons (Fsp3) is 0.538. The van der Waals surface area contributed by atoms with Gasteiger partial charge in [0.15, 0.2) is 0 Å². The second-order valence-corrected chi connectivity index (χ2v) is 5.50. The summed E-state index contributed by atoms with van der Waals surface area (Å²) in [6, 6.07) is 0. The van der Waals surface area contributed by atoms with Gasteiger partial charge in [-0.2, -0.15) is 19.6 Å². The number of nitrogens with zero attached hydrogens (tertiary/aromatic N) is 5. The standard InChI is InChI=1S/C13H17ClN6O/c1-9-11(14)18-13-16-8-17-20(13)12(9)15-7-10(21)19-5-3-2-4-6-19/h8,15H,2-7H2,1H3. The largest absolute Gasteiger partial charge is 0.361 e. The van der Waals surface area contributed by atoms with Crippen molar-refractivity contribution >= 4 is 29.1 Å². The number of rotatable bonds is 3. The predicted molar refractivity (Wildman–Crippen MR) is 79.4 cm³/mol. The van der Waals surface area contributed by atoms with Crippen LogP contribution in [0.5, 0.6) is 0 Å². The first-order valence-corrected chi connectivity index (χ1v) is 7.42. The van der Waals surface area contributed by atoms with Crippen LogP contribution in [-0.4, -0.2) is 50.0 Å². The summed E-state index contributed by atoms with van der Waals surface area (Å²) >= 11 is 6.09. The summed E-state index contributed by atoms with van der Waals surface area (Å²) < 4.78 is 1.56. The van der Waals surface area contributed by atoms with Crippen molar-refractivity contribution in [1.82, 2.24) is 24.5 Å². The molecule has 0 bridgehead atoms. The Morgan fingerprint density at radius 1 is 1.38 bits per heavy atom. The van der Waals surface area contributed by atoms with Crippen LogP contribution in [0.4, 0.5) is 5.82 Å². The first-order chi connectivity index (χ1) is 10.2. The van der Waals surface area contributed by atoms with Crippen LogP contribution in [0.15, 0.2) is 6.33 Å². The Morgan fingerprint density at radius 2 is 2.14 bits per heavy atom. The summed E-state index contributed by atoms with van der Waals surface area (Å²) in [5, 5.41) is 7.60. The van der Waals surface area contributed by atoms with Crippen LogP contribution in [0.1, 0.15) is 24.8 Å². The maximum absolute atomic E-state index is 12.2. The van der Waals surface area contributed by atoms with Crippen molar-refractivity contribution in [2.24, 2.45) is 0 Å². The molecular formula is C13H17ClN6O. The molecule has 8 heteroatoms. The Bertz CT molecular complexity index is 664. The van der Waals surface area contributed by atoms with Gasteiger partial charge in [0.05, 0.1) is 6.54 Å². The van der Waals surface area contributed by atoms with Gasteiger partial charge in [0.2, 0.25) is 5.91 Å². The number of hydrogen-bond acceptors (Lipinski definition) is 5. The van der Waals surface area contributed by atoms with Crippen molar-refractivity contribution in [2.75, 3.05) is 25.0 Å². The van der Waals surface area contributed by atoms with Crippen LogP contribution in [0.25, 0.3) is 5.78 Å². The Labute approximate surface area is 127 Å². The molecule has 7 nitrogen and oxygen atoms in total. The number of likely N-dealkylation sites (tertiary alicyclic amines) is 1. The minimum atomic E-state index is 0.0929. The number of aromatic nitrogens is 4. The number of nitrogens with one attached hydrogen (secondary N) is 1. The second-order valence-electron chi connectivity index (χ2n) is 5.14. The van der Waals surface area contributed by atoms with E-state index in [-0.39, 0.29) is 12.5 Å². The topological polar surface area (TPSA) is 75.4 Å². The minimum absolute atomic E-state index is 0.0929. The van der Waals surface area contributed by atoms with Crippen LogP contribution in [0, 0.1) is 6.92 Å². The van der Waals surface area contributed by atoms with Gasteiger partial charge >= 0.3 is 0 Å². The molecule has 112 valence electrons. The van der Waals surface area contributed by atoms with E-state index < -0.39 is 0 Å². The number of halogens is 1. The SMILES string of the molecule is Cc1c(Cl)nc2ncnn2c1NCC(=O)N1CCCCC1. The number of hydrogen-bond donors (Lipinski definition) is 1. The lowest BCUT2D eigenvalue weighted by Gasteiger charge is -2.27. The molecule has 3 heterocycles. The van der Waals surface area contributed by atoms with Gasteiger partial charge in [0.25, 0.3) is 5.78 Å². The number of piperidine rings is 1. The van der Waals surface area contributed by atoms with E-state index in [1.807, 2.05) is 11.8 Å². The molecule has 0 atom stereocenters. The van der Waals surface area contributed by atoms with Gasteiger partial charge in [-0.15, -0.1) is 0 Å². The van der Waals surface area contributed by atoms with E-state index in [1.165, 1.54) is 12.7 Å². The van der Waals surface area contributed by atoms with Gasteiger partial charge in [-0.3, -0.25) is 4.79 Å². The van der Waals surface area contributed by atoms with Crippen molar-refractivity contribution in [1.29, 1.82) is 0 Å². The van der Waals surface area contributed by atoms with Crippen LogP contribution < -0.4 is 5.32 Å². The minimum Gasteiger partial charge on any atom is -0.361 e. The van der Waals surface area contributed by atoms with Crippen molar-refractivity contribution < 1.29 is 4.79 Å². The zero-order valence-corrected chi connectivity index (χ0v) is 12.6. The molecule has 0 spiro atoms. The molecule has 0 unspecified atom stereocenters. The van der Waals surface area contributed by atoms with E-state index in [1.54, 1.807) is 4.52 Å². The number of fused-ring (bicyclic) bond motifs is 1. The zero-order valence-electron chi connectivity index (χ0n) is 11.8. The van der Waals surface area contributed by atoms with Gasteiger partial charge < -0.3 is 10.2 Å². The molecule has 0 aliphatic carbocycles. The quantitative estimate of drug-likeness (QED) is 0.870. The maximum atomic E-state index is 12.2. The summed E-state index contributed by atoms with van der Waals surface area (Å²) in [4.78, 5) is 22.3. The first kappa shape index (κ1) is 14.1. The van der Waals surface area contributed by atoms with Gasteiger partial charge in [0, 0.05) is 18.7 Å². The highest BCUT2D eigenvalue weighted by molar-refractivity contribution is 6.30. The van der Waals surface area contributed by atoms with E-state index in [0.29, 0.717) is 16.7 Å². The molecule has 0 aromatic carbocycles. The molecule has 2 aromatic heterocycles. The molecule has 0 radical (unpaired) electrons. The molecule has 1 amide bonds. The third-order valence-corrected chi connectivity index (χ3v) is 4.09. The van der Waals surface area contributed by atoms with E-state index in [2.05, 4.69) is 20.4 Å². The number of carbonyl (C=O) groups excluding carboxylic acids is 1. The predicted octanol–water partition coefficient (Wildman–Crippen LogP) is 1.51. The van der Waals surface area contributed by atoms with Crippen molar-refractivity contribution in [3.63, 3.8) is 0 Å². The van der Waals surface area contributed by atoms with Gasteiger partial charge in [-0.05, 0) is 26.2 Å². The van der Waals surface area contributed by atoms with Gasteiger partial charge in [-0.1, -0.05) is 11.6 Å². The molecule has 3 rings (SSSR count). The summed E-state index contributed by atoms with van der Waals surface area (Å²) in [6.07, 6.45) is 4.78. The number of carbonyl (C=O) groups is 1. The van der Waals surface area contributed by atoms with Crippen LogP contribution in [-0.2, 0) is 4.79 Å². The van der Waals surface area contributed by atoms with E-state index in [9.17, 15) is 4.79 Å². The third kappa shape index (κ3) is 2.78. The summed E-state index contributed by atoms with van der Waals surface area (Å²) in [6.45, 7) is 3.74. The monoisotopic (exact) mass is 308 g/mol. The highest BCUT2D eigenvalue weighted by Gasteiger charge is 2.18. The smallest absolute Gasteiger partial charge is 0.255 e. The van der Waals surface area contributed by atoms with Gasteiger partial charge in [-0.25, -0.2) is 0 Å². The van der Waals surface area contributed by atoms with Crippen molar-refractivity contribution in [3.8, 4) is 0 Å². The van der Waals surface area contributed by atoms with E-state index in [0.717, 1.165) is 31.5 Å². The van der Waals surface area contributed by atoms with Crippen molar-refractivity contribution in [2.45, 2.75) is 26.2 Å². The molecule has 1 fully saturated rings. The normalized spacial score (nSPS) is 15.4. The van der Waals surface area contributed by atoms with Gasteiger partial charge in [0.1, 0.15) is 17.3 Å². The molecule has 1 N–H and O–H groups in total. The Kier molecular flexibility index (Phi) is 3.92. The molecular weight excluding hydrogens is 292 g/mol. The lowest BCUT2D eigenvalue weighted by molar-refractivity contribution is -0.130. The van der Waals surface area contributed by atoms with Crippen LogP contribution >= 0.6 is 11.6 Å². The summed E-state index contributed by atoms with van der Waals surface area (Å²) in [7, 11) is 0. The van der Waals surface area contributed by atoms with Crippen LogP contribution in [0.3, 0.4) is 0 Å². The summed E-state index contributed by atoms with van der Waals surface area (Å²) in [5.41, 5.74) is 0.751. The molecule has 1 aliphatic rings. The average molecular weight is 309 g/mol. The Morgan fingerprint density at radius 3 is 2.90 bits per heavy atom. The lowest BCUT2D eigenvalue weighted by Crippen LogP contribution is -2.39. The molecule has 1 aliphatic heterocycles. The first-order valence-electron chi connectivity index (χ1n) is 7.04. The average Bonchev–Trinajstić information content (AvgIpc) is 2.96. The van der Waals surface area contributed by atoms with E-state index >= 15 is 0 Å². The molecule has 0 saturated carbocycles. The number of anilines is 1. The molecule has 1 saturated heterocycles. The molecule has 21 heavy (non-hydrogen) atoms. The molecule has 2 aromatic rings. The fourth-order valence-electron chi connectivity index (χ4n) is 2.52. The van der Waals surface area contributed by atoms with Crippen molar-refractivity contribution in [3.05, 3.63) is 17.0 Å². The number of amides is 1. The maximum Gasteiger partial charge on any atom is 0.255 e. The third-order valence-electron chi connectivity index (χ3n) is 3.72. The highest BCUT2D eigenvalue weighted by Crippen LogP contribution is 2.22. The second kappa shape index (κ2) is 5.85. The Hall–Kier alpha value is -1.89.